The first kappa shape index (κ1) is 41.9. The molecule has 1 radical (unpaired) electrons. The molecule has 0 spiro atoms. The van der Waals surface area contributed by atoms with Gasteiger partial charge in [0.25, 0.3) is 0 Å². The van der Waals surface area contributed by atoms with E-state index in [-0.39, 0.29) is 37.1 Å². The normalized spacial score (nSPS) is 14.0. The van der Waals surface area contributed by atoms with Crippen molar-refractivity contribution in [3.8, 4) is 22.5 Å². The third-order valence-electron chi connectivity index (χ3n) is 11.4. The molecular formula is C50H54IrN3O3-. The van der Waals surface area contributed by atoms with Crippen LogP contribution in [0.15, 0.2) is 76.9 Å². The average Bonchev–Trinajstić information content (AvgIpc) is 3.78. The fourth-order valence-corrected chi connectivity index (χ4v) is 8.32. The summed E-state index contributed by atoms with van der Waals surface area (Å²) in [5.41, 5.74) is 12.1. The number of hydrogen-bond donors (Lipinski definition) is 1. The molecule has 297 valence electrons. The molecule has 0 unspecified atom stereocenters. The van der Waals surface area contributed by atoms with E-state index in [1.54, 1.807) is 0 Å². The maximum Gasteiger partial charge on any atom is 0.216 e. The van der Waals surface area contributed by atoms with Gasteiger partial charge in [-0.05, 0) is 104 Å². The van der Waals surface area contributed by atoms with Gasteiger partial charge in [0, 0.05) is 59.0 Å². The molecule has 3 heterocycles. The number of furan rings is 1. The van der Waals surface area contributed by atoms with Crippen molar-refractivity contribution >= 4 is 49.5 Å². The Morgan fingerprint density at radius 2 is 1.47 bits per heavy atom. The number of ketones is 1. The molecule has 7 heteroatoms. The molecule has 4 aromatic carbocycles. The first-order valence-corrected chi connectivity index (χ1v) is 19.9. The molecule has 6 nitrogen and oxygen atoms in total. The Bertz CT molecular complexity index is 2680. The number of aliphatic hydroxyl groups is 1. The van der Waals surface area contributed by atoms with Gasteiger partial charge in [0.1, 0.15) is 11.6 Å². The van der Waals surface area contributed by atoms with Crippen LogP contribution < -0.4 is 0 Å². The van der Waals surface area contributed by atoms with Gasteiger partial charge in [0.2, 0.25) is 5.71 Å². The molecule has 1 aliphatic carbocycles. The number of carbonyl (C=O) groups excluding carboxylic acids is 1. The topological polar surface area (TPSA) is 89.1 Å². The Kier molecular flexibility index (Phi) is 11.7. The second-order valence-electron chi connectivity index (χ2n) is 17.8. The van der Waals surface area contributed by atoms with Crippen molar-refractivity contribution in [3.63, 3.8) is 0 Å². The van der Waals surface area contributed by atoms with Gasteiger partial charge in [0.15, 0.2) is 5.78 Å². The second kappa shape index (κ2) is 15.9. The minimum absolute atomic E-state index is 0. The molecule has 0 bridgehead atoms. The molecule has 0 atom stereocenters. The summed E-state index contributed by atoms with van der Waals surface area (Å²) in [5.74, 6) is 1.49. The maximum atomic E-state index is 11.5. The van der Waals surface area contributed by atoms with E-state index in [2.05, 4.69) is 88.4 Å². The number of aromatic nitrogens is 3. The van der Waals surface area contributed by atoms with E-state index >= 15 is 0 Å². The zero-order chi connectivity index (χ0) is 40.3. The number of pyridine rings is 1. The SMILES string of the molecule is CC(C)(C)C(=O)C=C(O)C(C)(C)C.Cc1nc(-c2[c-]ccc3c2oc2nc(-c4c(C)cccc4C)ccc23)c2ccc3cc(C)c(C4CCCC4)c(C)c3c2n1.[Ir]. The first-order chi connectivity index (χ1) is 26.4. The number of rotatable bonds is 4. The monoisotopic (exact) mass is 937 g/mol. The van der Waals surface area contributed by atoms with Gasteiger partial charge < -0.3 is 9.52 Å². The Morgan fingerprint density at radius 1 is 0.807 bits per heavy atom. The molecule has 8 rings (SSSR count). The summed E-state index contributed by atoms with van der Waals surface area (Å²) in [6.07, 6.45) is 6.53. The van der Waals surface area contributed by atoms with Crippen LogP contribution in [0.3, 0.4) is 0 Å². The second-order valence-corrected chi connectivity index (χ2v) is 17.8. The number of carbonyl (C=O) groups is 1. The van der Waals surface area contributed by atoms with Crippen LogP contribution in [-0.2, 0) is 24.9 Å². The van der Waals surface area contributed by atoms with Crippen LogP contribution in [0.5, 0.6) is 0 Å². The zero-order valence-corrected chi connectivity index (χ0v) is 37.6. The number of aliphatic hydroxyl groups excluding tert-OH is 1. The zero-order valence-electron chi connectivity index (χ0n) is 35.2. The van der Waals surface area contributed by atoms with E-state index in [0.29, 0.717) is 11.6 Å². The molecular weight excluding hydrogens is 883 g/mol. The molecule has 1 aliphatic rings. The van der Waals surface area contributed by atoms with Crippen molar-refractivity contribution < 1.29 is 34.4 Å². The Hall–Kier alpha value is -4.71. The van der Waals surface area contributed by atoms with Crippen LogP contribution in [0.1, 0.15) is 107 Å². The van der Waals surface area contributed by atoms with E-state index in [0.717, 1.165) is 55.6 Å². The van der Waals surface area contributed by atoms with Crippen LogP contribution in [0.25, 0.3) is 66.3 Å². The van der Waals surface area contributed by atoms with Crippen LogP contribution in [0.4, 0.5) is 0 Å². The number of fused-ring (bicyclic) bond motifs is 6. The summed E-state index contributed by atoms with van der Waals surface area (Å²) in [6.45, 7) is 21.9. The number of benzene rings is 4. The quantitative estimate of drug-likeness (QED) is 0.0818. The van der Waals surface area contributed by atoms with E-state index < -0.39 is 5.41 Å². The van der Waals surface area contributed by atoms with Crippen molar-refractivity contribution in [2.45, 2.75) is 108 Å². The molecule has 1 N–H and O–H groups in total. The summed E-state index contributed by atoms with van der Waals surface area (Å²) in [4.78, 5) is 26.6. The van der Waals surface area contributed by atoms with Crippen molar-refractivity contribution in [1.29, 1.82) is 0 Å². The largest absolute Gasteiger partial charge is 0.512 e. The predicted octanol–water partition coefficient (Wildman–Crippen LogP) is 13.5. The number of hydrogen-bond acceptors (Lipinski definition) is 6. The van der Waals surface area contributed by atoms with Gasteiger partial charge in [-0.1, -0.05) is 102 Å². The van der Waals surface area contributed by atoms with Gasteiger partial charge in [-0.2, -0.15) is 0 Å². The van der Waals surface area contributed by atoms with Crippen molar-refractivity contribution in [2.24, 2.45) is 10.8 Å². The van der Waals surface area contributed by atoms with Crippen LogP contribution >= 0.6 is 0 Å². The summed E-state index contributed by atoms with van der Waals surface area (Å²) in [6, 6.07) is 24.9. The standard InChI is InChI=1S/C39H34N3O.C11H20O2.Ir/c1-21-10-8-11-22(2)33(21)32-19-18-29-28-14-9-15-31(38(28)43-39(29)42-32)36-30-17-16-27-20-23(3)34(26-12-6-7-13-26)24(4)35(27)37(30)41-25(5)40-36;1-10(2,3)8(12)7-9(13)11(4,5)6;/h8-11,14,16-20,26H,6-7,12-13H2,1-5H3;7,12H,1-6H3;/q-1;;. The molecule has 0 saturated heterocycles. The average molecular weight is 937 g/mol. The Labute approximate surface area is 350 Å². The van der Waals surface area contributed by atoms with E-state index in [1.807, 2.05) is 54.5 Å². The van der Waals surface area contributed by atoms with Gasteiger partial charge in [-0.25, -0.2) is 9.97 Å². The van der Waals surface area contributed by atoms with Gasteiger partial charge >= 0.3 is 0 Å². The Morgan fingerprint density at radius 3 is 2.12 bits per heavy atom. The van der Waals surface area contributed by atoms with Gasteiger partial charge in [-0.3, -0.25) is 9.78 Å². The number of nitrogens with zero attached hydrogens (tertiary/aromatic N) is 3. The molecule has 57 heavy (non-hydrogen) atoms. The van der Waals surface area contributed by atoms with E-state index in [1.165, 1.54) is 70.3 Å². The van der Waals surface area contributed by atoms with Crippen LogP contribution in [0, 0.1) is 51.5 Å². The molecule has 1 fully saturated rings. The van der Waals surface area contributed by atoms with E-state index in [9.17, 15) is 9.90 Å². The molecule has 7 aromatic rings. The first-order valence-electron chi connectivity index (χ1n) is 19.9. The summed E-state index contributed by atoms with van der Waals surface area (Å²) >= 11 is 0. The van der Waals surface area contributed by atoms with Gasteiger partial charge in [-0.15, -0.1) is 18.2 Å². The summed E-state index contributed by atoms with van der Waals surface area (Å²) in [5, 5.41) is 15.1. The smallest absolute Gasteiger partial charge is 0.216 e. The number of allylic oxidation sites excluding steroid dienone is 2. The summed E-state index contributed by atoms with van der Waals surface area (Å²) in [7, 11) is 0. The molecule has 0 amide bonds. The van der Waals surface area contributed by atoms with Crippen molar-refractivity contribution in [2.75, 3.05) is 0 Å². The predicted molar refractivity (Wildman–Crippen MR) is 231 cm³/mol. The Balaban J connectivity index is 0.000000340. The molecule has 0 aliphatic heterocycles. The number of aryl methyl sites for hydroxylation is 5. The van der Waals surface area contributed by atoms with Crippen molar-refractivity contribution in [3.05, 3.63) is 112 Å². The third kappa shape index (κ3) is 8.07. The molecule has 1 saturated carbocycles. The van der Waals surface area contributed by atoms with Crippen LogP contribution in [0.2, 0.25) is 0 Å². The third-order valence-corrected chi connectivity index (χ3v) is 11.4. The minimum atomic E-state index is -0.417. The maximum absolute atomic E-state index is 11.5. The fourth-order valence-electron chi connectivity index (χ4n) is 8.32. The van der Waals surface area contributed by atoms with Crippen LogP contribution in [-0.4, -0.2) is 25.8 Å². The minimum Gasteiger partial charge on any atom is -0.512 e. The van der Waals surface area contributed by atoms with Crippen molar-refractivity contribution in [1.82, 2.24) is 15.0 Å². The fraction of sp³-hybridized carbons (Fsp3) is 0.360. The van der Waals surface area contributed by atoms with E-state index in [4.69, 9.17) is 19.4 Å². The summed E-state index contributed by atoms with van der Waals surface area (Å²) < 4.78 is 6.58. The molecule has 3 aromatic heterocycles. The van der Waals surface area contributed by atoms with Gasteiger partial charge in [0.05, 0.1) is 16.8 Å².